The van der Waals surface area contributed by atoms with E-state index >= 15 is 0 Å². The zero-order valence-corrected chi connectivity index (χ0v) is 12.0. The molecule has 1 aromatic rings. The maximum atomic E-state index is 14.1. The maximum Gasteiger partial charge on any atom is 0.162 e. The van der Waals surface area contributed by atoms with Crippen LogP contribution in [0.3, 0.4) is 0 Å². The number of aryl methyl sites for hydroxylation is 1. The van der Waals surface area contributed by atoms with Crippen LogP contribution in [0.1, 0.15) is 50.7 Å². The third kappa shape index (κ3) is 2.81. The fraction of sp³-hybridized carbons (Fsp3) is 0.625. The van der Waals surface area contributed by atoms with Crippen LogP contribution >= 0.6 is 0 Å². The van der Waals surface area contributed by atoms with Crippen LogP contribution in [-0.4, -0.2) is 12.6 Å². The van der Waals surface area contributed by atoms with Crippen LogP contribution in [0.5, 0.6) is 0 Å². The zero-order valence-electron chi connectivity index (χ0n) is 12.0. The van der Waals surface area contributed by atoms with Crippen molar-refractivity contribution in [2.75, 3.05) is 6.54 Å². The van der Waals surface area contributed by atoms with Crippen molar-refractivity contribution >= 4 is 0 Å². The molecular formula is C16H23F2N. The molecule has 1 nitrogen and oxygen atoms in total. The molecule has 0 radical (unpaired) electrons. The third-order valence-electron chi connectivity index (χ3n) is 4.35. The molecular weight excluding hydrogens is 244 g/mol. The van der Waals surface area contributed by atoms with Gasteiger partial charge in [-0.25, -0.2) is 8.78 Å². The molecule has 0 saturated heterocycles. The van der Waals surface area contributed by atoms with E-state index in [1.54, 1.807) is 19.1 Å². The number of rotatable bonds is 4. The Kier molecular flexibility index (Phi) is 4.24. The van der Waals surface area contributed by atoms with Crippen LogP contribution in [0.4, 0.5) is 8.78 Å². The van der Waals surface area contributed by atoms with Gasteiger partial charge in [-0.2, -0.15) is 0 Å². The summed E-state index contributed by atoms with van der Waals surface area (Å²) in [6.07, 6.45) is 3.92. The summed E-state index contributed by atoms with van der Waals surface area (Å²) >= 11 is 0. The molecule has 0 bridgehead atoms. The first-order valence-corrected chi connectivity index (χ1v) is 7.16. The number of benzene rings is 1. The molecule has 2 atom stereocenters. The highest BCUT2D eigenvalue weighted by atomic mass is 19.2. The molecule has 106 valence electrons. The lowest BCUT2D eigenvalue weighted by Gasteiger charge is -2.26. The molecule has 1 fully saturated rings. The van der Waals surface area contributed by atoms with Gasteiger partial charge in [-0.15, -0.1) is 0 Å². The van der Waals surface area contributed by atoms with Crippen molar-refractivity contribution in [2.45, 2.75) is 57.9 Å². The summed E-state index contributed by atoms with van der Waals surface area (Å²) in [5.41, 5.74) is 0.671. The topological polar surface area (TPSA) is 12.0 Å². The van der Waals surface area contributed by atoms with Gasteiger partial charge < -0.3 is 5.32 Å². The molecule has 3 heteroatoms. The number of halogens is 2. The average molecular weight is 267 g/mol. The fourth-order valence-electron chi connectivity index (χ4n) is 3.12. The van der Waals surface area contributed by atoms with Gasteiger partial charge in [0.05, 0.1) is 0 Å². The van der Waals surface area contributed by atoms with E-state index in [9.17, 15) is 8.78 Å². The van der Waals surface area contributed by atoms with Gasteiger partial charge >= 0.3 is 0 Å². The quantitative estimate of drug-likeness (QED) is 0.866. The van der Waals surface area contributed by atoms with Crippen molar-refractivity contribution in [3.05, 3.63) is 34.9 Å². The van der Waals surface area contributed by atoms with Crippen molar-refractivity contribution in [3.8, 4) is 0 Å². The smallest absolute Gasteiger partial charge is 0.162 e. The van der Waals surface area contributed by atoms with E-state index in [2.05, 4.69) is 12.2 Å². The van der Waals surface area contributed by atoms with Gasteiger partial charge in [0.25, 0.3) is 0 Å². The molecule has 1 saturated carbocycles. The predicted molar refractivity (Wildman–Crippen MR) is 74.4 cm³/mol. The second-order valence-electron chi connectivity index (χ2n) is 6.01. The highest BCUT2D eigenvalue weighted by molar-refractivity contribution is 5.32. The van der Waals surface area contributed by atoms with E-state index in [1.165, 1.54) is 0 Å². The van der Waals surface area contributed by atoms with E-state index < -0.39 is 11.6 Å². The summed E-state index contributed by atoms with van der Waals surface area (Å²) in [5.74, 6) is -1.35. The van der Waals surface area contributed by atoms with Crippen LogP contribution in [0.2, 0.25) is 0 Å². The highest BCUT2D eigenvalue weighted by Gasteiger charge is 2.38. The minimum atomic E-state index is -0.691. The Morgan fingerprint density at radius 1 is 1.32 bits per heavy atom. The summed E-state index contributed by atoms with van der Waals surface area (Å²) in [5, 5.41) is 3.49. The second-order valence-corrected chi connectivity index (χ2v) is 6.01. The van der Waals surface area contributed by atoms with E-state index in [-0.39, 0.29) is 5.41 Å². The highest BCUT2D eigenvalue weighted by Crippen LogP contribution is 2.42. The average Bonchev–Trinajstić information content (AvgIpc) is 2.76. The van der Waals surface area contributed by atoms with Crippen LogP contribution in [0, 0.1) is 18.6 Å². The van der Waals surface area contributed by atoms with Crippen LogP contribution in [0.15, 0.2) is 12.1 Å². The molecule has 2 rings (SSSR count). The number of hydrogen-bond acceptors (Lipinski definition) is 1. The minimum absolute atomic E-state index is 0.246. The van der Waals surface area contributed by atoms with Crippen molar-refractivity contribution in [2.24, 2.45) is 0 Å². The molecule has 1 aliphatic carbocycles. The standard InChI is InChI=1S/C16H23F2N/c1-4-9-19-12-7-8-16(3,10-12)13-6-5-11(2)14(17)15(13)18/h5-6,12,19H,4,7-10H2,1-3H3. The Bertz CT molecular complexity index is 458. The van der Waals surface area contributed by atoms with Gasteiger partial charge in [-0.3, -0.25) is 0 Å². The molecule has 1 N–H and O–H groups in total. The van der Waals surface area contributed by atoms with Gasteiger partial charge in [-0.05, 0) is 55.7 Å². The Hall–Kier alpha value is -0.960. The predicted octanol–water partition coefficient (Wildman–Crippen LogP) is 4.08. The lowest BCUT2D eigenvalue weighted by molar-refractivity contribution is 0.413. The molecule has 1 aliphatic rings. The van der Waals surface area contributed by atoms with Gasteiger partial charge in [0.1, 0.15) is 0 Å². The summed E-state index contributed by atoms with van der Waals surface area (Å²) < 4.78 is 27.9. The first kappa shape index (κ1) is 14.4. The first-order chi connectivity index (χ1) is 8.98. The normalized spacial score (nSPS) is 26.9. The maximum absolute atomic E-state index is 14.1. The summed E-state index contributed by atoms with van der Waals surface area (Å²) in [6, 6.07) is 3.87. The lowest BCUT2D eigenvalue weighted by atomic mass is 9.80. The minimum Gasteiger partial charge on any atom is -0.314 e. The summed E-state index contributed by atoms with van der Waals surface area (Å²) in [6.45, 7) is 6.78. The van der Waals surface area contributed by atoms with Crippen molar-refractivity contribution in [3.63, 3.8) is 0 Å². The Labute approximate surface area is 114 Å². The van der Waals surface area contributed by atoms with Crippen LogP contribution in [0.25, 0.3) is 0 Å². The lowest BCUT2D eigenvalue weighted by Crippen LogP contribution is -2.30. The molecule has 0 aliphatic heterocycles. The zero-order chi connectivity index (χ0) is 14.0. The van der Waals surface area contributed by atoms with Crippen molar-refractivity contribution in [1.82, 2.24) is 5.32 Å². The van der Waals surface area contributed by atoms with Gasteiger partial charge in [0, 0.05) is 6.04 Å². The first-order valence-electron chi connectivity index (χ1n) is 7.16. The Morgan fingerprint density at radius 3 is 2.74 bits per heavy atom. The summed E-state index contributed by atoms with van der Waals surface area (Å²) in [4.78, 5) is 0. The van der Waals surface area contributed by atoms with E-state index in [4.69, 9.17) is 0 Å². The van der Waals surface area contributed by atoms with Crippen LogP contribution < -0.4 is 5.32 Å². The summed E-state index contributed by atoms with van der Waals surface area (Å²) in [7, 11) is 0. The third-order valence-corrected chi connectivity index (χ3v) is 4.35. The van der Waals surface area contributed by atoms with Gasteiger partial charge in [0.2, 0.25) is 0 Å². The Morgan fingerprint density at radius 2 is 2.05 bits per heavy atom. The van der Waals surface area contributed by atoms with Gasteiger partial charge in [0.15, 0.2) is 11.6 Å². The van der Waals surface area contributed by atoms with E-state index in [0.717, 1.165) is 32.2 Å². The number of nitrogens with one attached hydrogen (secondary N) is 1. The molecule has 1 aromatic carbocycles. The molecule has 19 heavy (non-hydrogen) atoms. The van der Waals surface area contributed by atoms with Gasteiger partial charge in [-0.1, -0.05) is 26.0 Å². The number of hydrogen-bond donors (Lipinski definition) is 1. The van der Waals surface area contributed by atoms with E-state index in [1.807, 2.05) is 6.92 Å². The fourth-order valence-corrected chi connectivity index (χ4v) is 3.12. The SMILES string of the molecule is CCCNC1CCC(C)(c2ccc(C)c(F)c2F)C1. The molecule has 0 aromatic heterocycles. The molecule has 2 unspecified atom stereocenters. The second kappa shape index (κ2) is 5.58. The Balaban J connectivity index is 2.20. The monoisotopic (exact) mass is 267 g/mol. The molecule has 0 amide bonds. The molecule has 0 spiro atoms. The van der Waals surface area contributed by atoms with E-state index in [0.29, 0.717) is 17.2 Å². The van der Waals surface area contributed by atoms with Crippen molar-refractivity contribution < 1.29 is 8.78 Å². The molecule has 0 heterocycles. The largest absolute Gasteiger partial charge is 0.314 e. The van der Waals surface area contributed by atoms with Crippen molar-refractivity contribution in [1.29, 1.82) is 0 Å². The van der Waals surface area contributed by atoms with Crippen LogP contribution in [-0.2, 0) is 5.41 Å².